The van der Waals surface area contributed by atoms with E-state index in [1.165, 1.54) is 4.90 Å². The van der Waals surface area contributed by atoms with Crippen LogP contribution in [-0.4, -0.2) is 63.4 Å². The monoisotopic (exact) mass is 549 g/mol. The highest BCUT2D eigenvalue weighted by molar-refractivity contribution is 5.76. The molecule has 0 unspecified atom stereocenters. The quantitative estimate of drug-likeness (QED) is 0.447. The number of halogens is 5. The number of hydrogen-bond donors (Lipinski definition) is 1. The molecule has 1 fully saturated rings. The summed E-state index contributed by atoms with van der Waals surface area (Å²) in [6.07, 6.45) is 0.106. The second-order valence-electron chi connectivity index (χ2n) is 10.8. The maximum Gasteiger partial charge on any atom is 0.401 e. The van der Waals surface area contributed by atoms with Gasteiger partial charge in [-0.1, -0.05) is 0 Å². The molecule has 0 radical (unpaired) electrons. The molecule has 3 aliphatic heterocycles. The number of rotatable bonds is 5. The lowest BCUT2D eigenvalue weighted by Crippen LogP contribution is -2.41. The van der Waals surface area contributed by atoms with Gasteiger partial charge in [0, 0.05) is 80.5 Å². The highest BCUT2D eigenvalue weighted by Gasteiger charge is 2.35. The molecule has 5 heterocycles. The van der Waals surface area contributed by atoms with E-state index < -0.39 is 19.1 Å². The van der Waals surface area contributed by atoms with Gasteiger partial charge in [-0.3, -0.25) is 14.3 Å². The number of aromatic nitrogens is 4. The summed E-state index contributed by atoms with van der Waals surface area (Å²) < 4.78 is 71.0. The van der Waals surface area contributed by atoms with Crippen molar-refractivity contribution in [3.63, 3.8) is 0 Å². The van der Waals surface area contributed by atoms with Gasteiger partial charge in [0.2, 0.25) is 0 Å². The molecule has 0 aliphatic carbocycles. The van der Waals surface area contributed by atoms with Gasteiger partial charge in [-0.2, -0.15) is 23.4 Å². The van der Waals surface area contributed by atoms with Gasteiger partial charge in [0.25, 0.3) is 6.43 Å². The minimum Gasteiger partial charge on any atom is -0.324 e. The largest absolute Gasteiger partial charge is 0.401 e. The Morgan fingerprint density at radius 2 is 1.90 bits per heavy atom. The number of fused-ring (bicyclic) bond motifs is 2. The molecule has 7 nitrogen and oxygen atoms in total. The van der Waals surface area contributed by atoms with Crippen LogP contribution in [0, 0.1) is 0 Å². The van der Waals surface area contributed by atoms with Crippen molar-refractivity contribution in [2.24, 2.45) is 7.05 Å². The van der Waals surface area contributed by atoms with Crippen LogP contribution in [-0.2, 0) is 26.4 Å². The first-order valence-corrected chi connectivity index (χ1v) is 13.5. The lowest BCUT2D eigenvalue weighted by atomic mass is 9.93. The Balaban J connectivity index is 1.35. The Labute approximate surface area is 223 Å². The van der Waals surface area contributed by atoms with Gasteiger partial charge < -0.3 is 10.2 Å². The molecule has 0 saturated carbocycles. The van der Waals surface area contributed by atoms with Crippen LogP contribution in [0.15, 0.2) is 24.5 Å². The summed E-state index contributed by atoms with van der Waals surface area (Å²) in [4.78, 5) is 3.53. The molecule has 1 aromatic carbocycles. The number of hydrogen-bond acceptors (Lipinski definition) is 5. The summed E-state index contributed by atoms with van der Waals surface area (Å²) in [7, 11) is 1.76. The fraction of sp³-hybridized carbons (Fsp3) is 0.556. The number of benzene rings is 1. The number of nitrogens with zero attached hydrogens (tertiary/aromatic N) is 6. The molecule has 0 bridgehead atoms. The molecule has 210 valence electrons. The fourth-order valence-corrected chi connectivity index (χ4v) is 6.31. The molecule has 0 amide bonds. The number of anilines is 2. The van der Waals surface area contributed by atoms with E-state index in [9.17, 15) is 22.0 Å². The van der Waals surface area contributed by atoms with E-state index in [0.29, 0.717) is 50.1 Å². The summed E-state index contributed by atoms with van der Waals surface area (Å²) in [6.45, 7) is 1.94. The van der Waals surface area contributed by atoms with Gasteiger partial charge in [0.1, 0.15) is 0 Å². The third-order valence-electron chi connectivity index (χ3n) is 8.12. The molecule has 0 atom stereocenters. The van der Waals surface area contributed by atoms with Crippen LogP contribution in [0.4, 0.5) is 33.5 Å². The van der Waals surface area contributed by atoms with Crippen LogP contribution in [0.25, 0.3) is 11.1 Å². The molecule has 3 aliphatic rings. The summed E-state index contributed by atoms with van der Waals surface area (Å²) in [6, 6.07) is 3.50. The third-order valence-corrected chi connectivity index (χ3v) is 8.12. The maximum atomic E-state index is 14.3. The van der Waals surface area contributed by atoms with Crippen molar-refractivity contribution in [1.29, 1.82) is 0 Å². The fourth-order valence-electron chi connectivity index (χ4n) is 6.31. The van der Waals surface area contributed by atoms with Crippen molar-refractivity contribution in [3.05, 3.63) is 46.9 Å². The van der Waals surface area contributed by atoms with Gasteiger partial charge in [-0.25, -0.2) is 8.78 Å². The average molecular weight is 550 g/mol. The second kappa shape index (κ2) is 10.2. The number of aryl methyl sites for hydroxylation is 2. The van der Waals surface area contributed by atoms with E-state index in [1.54, 1.807) is 30.2 Å². The van der Waals surface area contributed by atoms with Gasteiger partial charge in [0.15, 0.2) is 5.82 Å². The summed E-state index contributed by atoms with van der Waals surface area (Å²) in [5.41, 5.74) is 5.04. The van der Waals surface area contributed by atoms with E-state index in [2.05, 4.69) is 15.3 Å². The second-order valence-corrected chi connectivity index (χ2v) is 10.8. The van der Waals surface area contributed by atoms with Crippen molar-refractivity contribution in [2.45, 2.75) is 57.3 Å². The summed E-state index contributed by atoms with van der Waals surface area (Å²) in [5, 5.41) is 12.6. The predicted molar refractivity (Wildman–Crippen MR) is 137 cm³/mol. The predicted octanol–water partition coefficient (Wildman–Crippen LogP) is 5.15. The molecule has 2 aromatic heterocycles. The lowest BCUT2D eigenvalue weighted by Gasteiger charge is -2.33. The van der Waals surface area contributed by atoms with Crippen LogP contribution < -0.4 is 10.2 Å². The average Bonchev–Trinajstić information content (AvgIpc) is 3.51. The van der Waals surface area contributed by atoms with Crippen molar-refractivity contribution in [2.75, 3.05) is 37.6 Å². The Morgan fingerprint density at radius 1 is 1.10 bits per heavy atom. The van der Waals surface area contributed by atoms with E-state index >= 15 is 0 Å². The van der Waals surface area contributed by atoms with E-state index in [0.717, 1.165) is 54.1 Å². The lowest BCUT2D eigenvalue weighted by molar-refractivity contribution is -0.148. The molecule has 6 rings (SSSR count). The van der Waals surface area contributed by atoms with Gasteiger partial charge in [-0.05, 0) is 48.9 Å². The minimum absolute atomic E-state index is 0.0175. The zero-order valence-electron chi connectivity index (χ0n) is 21.8. The normalized spacial score (nSPS) is 19.0. The zero-order valence-corrected chi connectivity index (χ0v) is 21.8. The number of likely N-dealkylation sites (tertiary alicyclic amines) is 1. The van der Waals surface area contributed by atoms with Gasteiger partial charge in [-0.15, -0.1) is 0 Å². The van der Waals surface area contributed by atoms with Crippen LogP contribution in [0.1, 0.15) is 54.1 Å². The van der Waals surface area contributed by atoms with Crippen molar-refractivity contribution >= 4 is 11.5 Å². The Bertz CT molecular complexity index is 1340. The molecule has 1 N–H and O–H groups in total. The first kappa shape index (κ1) is 26.2. The smallest absolute Gasteiger partial charge is 0.324 e. The number of nitrogens with one attached hydrogen (secondary N) is 1. The third kappa shape index (κ3) is 5.16. The molecular formula is C27H32F5N7. The summed E-state index contributed by atoms with van der Waals surface area (Å²) in [5.74, 6) is 0.769. The highest BCUT2D eigenvalue weighted by atomic mass is 19.4. The number of piperidine rings is 1. The molecular weight excluding hydrogens is 517 g/mol. The SMILES string of the molecule is Cn1cc(-c2cc3c(cc2C(F)F)N(c2nn(C4CCN(CC(F)(F)F)CC4)c4c2CNCC4)CCC3)cn1. The standard InChI is InChI=1S/C27H32F5N7/c1-36-15-18(13-34-36)20-11-17-3-2-8-38(24(17)12-21(20)25(28)29)26-22-14-33-7-4-23(22)39(35-26)19-5-9-37(10-6-19)16-27(30,31)32/h11-13,15,19,25,33H,2-10,14,16H2,1H3. The first-order chi connectivity index (χ1) is 18.7. The highest BCUT2D eigenvalue weighted by Crippen LogP contribution is 2.43. The zero-order chi connectivity index (χ0) is 27.3. The molecule has 39 heavy (non-hydrogen) atoms. The van der Waals surface area contributed by atoms with E-state index in [-0.39, 0.29) is 11.6 Å². The van der Waals surface area contributed by atoms with Crippen LogP contribution in [0.5, 0.6) is 0 Å². The Hall–Kier alpha value is -2.99. The van der Waals surface area contributed by atoms with E-state index in [4.69, 9.17) is 5.10 Å². The molecule has 3 aromatic rings. The van der Waals surface area contributed by atoms with Crippen molar-refractivity contribution in [1.82, 2.24) is 29.8 Å². The molecule has 0 spiro atoms. The molecule has 1 saturated heterocycles. The topological polar surface area (TPSA) is 54.2 Å². The summed E-state index contributed by atoms with van der Waals surface area (Å²) >= 11 is 0. The molecule has 12 heteroatoms. The van der Waals surface area contributed by atoms with Crippen molar-refractivity contribution < 1.29 is 22.0 Å². The van der Waals surface area contributed by atoms with Crippen LogP contribution >= 0.6 is 0 Å². The number of alkyl halides is 5. The maximum absolute atomic E-state index is 14.3. The van der Waals surface area contributed by atoms with Crippen LogP contribution in [0.2, 0.25) is 0 Å². The van der Waals surface area contributed by atoms with Gasteiger partial charge in [0.05, 0.1) is 18.8 Å². The first-order valence-electron chi connectivity index (χ1n) is 13.5. The Kier molecular flexibility index (Phi) is 6.86. The van der Waals surface area contributed by atoms with Crippen molar-refractivity contribution in [3.8, 4) is 11.1 Å². The van der Waals surface area contributed by atoms with Gasteiger partial charge >= 0.3 is 6.18 Å². The van der Waals surface area contributed by atoms with Crippen LogP contribution in [0.3, 0.4) is 0 Å². The van der Waals surface area contributed by atoms with E-state index in [1.807, 2.05) is 10.7 Å². The minimum atomic E-state index is -4.20. The Morgan fingerprint density at radius 3 is 2.59 bits per heavy atom.